The third-order valence-corrected chi connectivity index (χ3v) is 5.78. The molecule has 36 heavy (non-hydrogen) atoms. The molecule has 0 spiro atoms. The fourth-order valence-electron chi connectivity index (χ4n) is 3.74. The lowest BCUT2D eigenvalue weighted by Gasteiger charge is -2.38. The highest BCUT2D eigenvalue weighted by atomic mass is 16.5. The van der Waals surface area contributed by atoms with Gasteiger partial charge in [-0.2, -0.15) is 5.26 Å². The number of carbonyl (C=O) groups is 1. The number of nitriles is 1. The molecule has 2 aromatic carbocycles. The van der Waals surface area contributed by atoms with E-state index in [9.17, 15) is 10.1 Å². The molecule has 9 nitrogen and oxygen atoms in total. The zero-order chi connectivity index (χ0) is 25.7. The monoisotopic (exact) mass is 487 g/mol. The number of nitrogens with zero attached hydrogens (tertiary/aromatic N) is 4. The summed E-state index contributed by atoms with van der Waals surface area (Å²) in [6.45, 7) is 5.78. The van der Waals surface area contributed by atoms with Gasteiger partial charge in [-0.1, -0.05) is 13.8 Å². The lowest BCUT2D eigenvalue weighted by Crippen LogP contribution is -2.54. The first-order valence-electron chi connectivity index (χ1n) is 11.7. The molecule has 0 unspecified atom stereocenters. The van der Waals surface area contributed by atoms with Gasteiger partial charge in [-0.15, -0.1) is 0 Å². The van der Waals surface area contributed by atoms with Crippen molar-refractivity contribution in [2.24, 2.45) is 5.92 Å². The molecule has 0 atom stereocenters. The van der Waals surface area contributed by atoms with Crippen molar-refractivity contribution in [3.05, 3.63) is 59.8 Å². The van der Waals surface area contributed by atoms with Crippen LogP contribution in [0.25, 0.3) is 11.3 Å². The Bertz CT molecular complexity index is 1280. The maximum atomic E-state index is 12.8. The van der Waals surface area contributed by atoms with E-state index in [1.165, 1.54) is 7.11 Å². The van der Waals surface area contributed by atoms with E-state index >= 15 is 0 Å². The van der Waals surface area contributed by atoms with Crippen molar-refractivity contribution in [1.29, 1.82) is 5.26 Å². The SMILES string of the molecule is COc1cc(Nc2nccc(-c3ccc(OCC(C)C)c(C#N)c3)n2)ccc1C(=O)N1CC(OC)C1. The molecule has 1 aliphatic heterocycles. The van der Waals surface area contributed by atoms with Crippen molar-refractivity contribution in [3.63, 3.8) is 0 Å². The second-order valence-electron chi connectivity index (χ2n) is 8.90. The number of ether oxygens (including phenoxy) is 3. The van der Waals surface area contributed by atoms with Crippen molar-refractivity contribution in [1.82, 2.24) is 14.9 Å². The molecule has 1 saturated heterocycles. The zero-order valence-electron chi connectivity index (χ0n) is 20.8. The second-order valence-corrected chi connectivity index (χ2v) is 8.90. The number of hydrogen-bond donors (Lipinski definition) is 1. The highest BCUT2D eigenvalue weighted by Crippen LogP contribution is 2.29. The lowest BCUT2D eigenvalue weighted by molar-refractivity contribution is -0.0193. The van der Waals surface area contributed by atoms with Gasteiger partial charge in [0.05, 0.1) is 36.6 Å². The summed E-state index contributed by atoms with van der Waals surface area (Å²) in [6, 6.07) is 14.6. The highest BCUT2D eigenvalue weighted by Gasteiger charge is 2.32. The van der Waals surface area contributed by atoms with Gasteiger partial charge in [-0.25, -0.2) is 9.97 Å². The molecular formula is C27H29N5O4. The molecule has 4 rings (SSSR count). The van der Waals surface area contributed by atoms with Crippen molar-refractivity contribution in [2.75, 3.05) is 39.2 Å². The van der Waals surface area contributed by atoms with Crippen LogP contribution in [0.4, 0.5) is 11.6 Å². The smallest absolute Gasteiger partial charge is 0.257 e. The molecule has 1 aromatic heterocycles. The van der Waals surface area contributed by atoms with Crippen LogP contribution < -0.4 is 14.8 Å². The van der Waals surface area contributed by atoms with Crippen LogP contribution in [0.2, 0.25) is 0 Å². The fourth-order valence-corrected chi connectivity index (χ4v) is 3.74. The molecule has 1 amide bonds. The third kappa shape index (κ3) is 5.56. The van der Waals surface area contributed by atoms with Crippen LogP contribution in [-0.2, 0) is 4.74 Å². The molecule has 1 fully saturated rings. The van der Waals surface area contributed by atoms with Crippen LogP contribution in [0.5, 0.6) is 11.5 Å². The first-order chi connectivity index (χ1) is 17.4. The largest absolute Gasteiger partial charge is 0.496 e. The Kier molecular flexibility index (Phi) is 7.66. The van der Waals surface area contributed by atoms with Crippen molar-refractivity contribution >= 4 is 17.5 Å². The fraction of sp³-hybridized carbons (Fsp3) is 0.333. The Hall–Kier alpha value is -4.16. The normalized spacial score (nSPS) is 13.2. The van der Waals surface area contributed by atoms with Crippen molar-refractivity contribution in [3.8, 4) is 28.8 Å². The standard InChI is InChI=1S/C27H29N5O4/c1-17(2)16-36-24-8-5-18(11-19(24)13-28)23-9-10-29-27(31-23)30-20-6-7-22(25(12-20)35-4)26(33)32-14-21(15-32)34-3/h5-12,17,21H,14-16H2,1-4H3,(H,29,30,31). The van der Waals surface area contributed by atoms with E-state index < -0.39 is 0 Å². The summed E-state index contributed by atoms with van der Waals surface area (Å²) < 4.78 is 16.5. The van der Waals surface area contributed by atoms with Gasteiger partial charge in [0.1, 0.15) is 17.6 Å². The van der Waals surface area contributed by atoms with E-state index in [0.29, 0.717) is 65.6 Å². The first kappa shape index (κ1) is 24.9. The Labute approximate surface area is 210 Å². The average Bonchev–Trinajstić information content (AvgIpc) is 2.86. The molecular weight excluding hydrogens is 458 g/mol. The molecule has 9 heteroatoms. The molecule has 1 aliphatic rings. The van der Waals surface area contributed by atoms with Crippen molar-refractivity contribution in [2.45, 2.75) is 20.0 Å². The predicted octanol–water partition coefficient (Wildman–Crippen LogP) is 4.27. The van der Waals surface area contributed by atoms with Gasteiger partial charge in [0.15, 0.2) is 0 Å². The van der Waals surface area contributed by atoms with E-state index in [0.717, 1.165) is 5.56 Å². The minimum atomic E-state index is -0.0981. The van der Waals surface area contributed by atoms with E-state index in [1.807, 2.05) is 6.07 Å². The number of nitrogens with one attached hydrogen (secondary N) is 1. The first-order valence-corrected chi connectivity index (χ1v) is 11.7. The Balaban J connectivity index is 1.51. The number of anilines is 2. The molecule has 0 bridgehead atoms. The topological polar surface area (TPSA) is 110 Å². The van der Waals surface area contributed by atoms with Gasteiger partial charge in [0.25, 0.3) is 5.91 Å². The summed E-state index contributed by atoms with van der Waals surface area (Å²) in [7, 11) is 3.17. The maximum absolute atomic E-state index is 12.8. The van der Waals surface area contributed by atoms with Gasteiger partial charge in [-0.3, -0.25) is 4.79 Å². The van der Waals surface area contributed by atoms with Crippen LogP contribution in [-0.4, -0.2) is 60.8 Å². The number of methoxy groups -OCH3 is 2. The van der Waals surface area contributed by atoms with Gasteiger partial charge >= 0.3 is 0 Å². The minimum absolute atomic E-state index is 0.0818. The molecule has 0 saturated carbocycles. The van der Waals surface area contributed by atoms with E-state index in [4.69, 9.17) is 14.2 Å². The number of amides is 1. The number of carbonyl (C=O) groups excluding carboxylic acids is 1. The van der Waals surface area contributed by atoms with E-state index in [2.05, 4.69) is 35.2 Å². The van der Waals surface area contributed by atoms with Gasteiger partial charge in [0.2, 0.25) is 5.95 Å². The van der Waals surface area contributed by atoms with Crippen molar-refractivity contribution < 1.29 is 19.0 Å². The number of likely N-dealkylation sites (tertiary alicyclic amines) is 1. The molecule has 0 radical (unpaired) electrons. The summed E-state index contributed by atoms with van der Waals surface area (Å²) in [4.78, 5) is 23.4. The summed E-state index contributed by atoms with van der Waals surface area (Å²) in [5.74, 6) is 1.64. The van der Waals surface area contributed by atoms with Crippen LogP contribution >= 0.6 is 0 Å². The Morgan fingerprint density at radius 2 is 1.97 bits per heavy atom. The molecule has 2 heterocycles. The highest BCUT2D eigenvalue weighted by molar-refractivity contribution is 5.98. The molecule has 186 valence electrons. The number of rotatable bonds is 9. The van der Waals surface area contributed by atoms with Crippen LogP contribution in [0.1, 0.15) is 29.8 Å². The molecule has 1 N–H and O–H groups in total. The third-order valence-electron chi connectivity index (χ3n) is 5.78. The molecule has 0 aliphatic carbocycles. The Morgan fingerprint density at radius 1 is 1.17 bits per heavy atom. The minimum Gasteiger partial charge on any atom is -0.496 e. The van der Waals surface area contributed by atoms with Crippen LogP contribution in [0, 0.1) is 17.2 Å². The van der Waals surface area contributed by atoms with E-state index in [-0.39, 0.29) is 12.0 Å². The van der Waals surface area contributed by atoms with Gasteiger partial charge in [0, 0.05) is 43.7 Å². The van der Waals surface area contributed by atoms with E-state index in [1.54, 1.807) is 54.6 Å². The maximum Gasteiger partial charge on any atom is 0.257 e. The second kappa shape index (κ2) is 11.1. The number of aromatic nitrogens is 2. The van der Waals surface area contributed by atoms with Gasteiger partial charge in [-0.05, 0) is 42.3 Å². The van der Waals surface area contributed by atoms with Crippen LogP contribution in [0.3, 0.4) is 0 Å². The predicted molar refractivity (Wildman–Crippen MR) is 135 cm³/mol. The summed E-state index contributed by atoms with van der Waals surface area (Å²) in [5, 5.41) is 12.7. The number of benzene rings is 2. The molecule has 3 aromatic rings. The summed E-state index contributed by atoms with van der Waals surface area (Å²) in [6.07, 6.45) is 1.73. The Morgan fingerprint density at radius 3 is 2.67 bits per heavy atom. The zero-order valence-corrected chi connectivity index (χ0v) is 20.8. The summed E-state index contributed by atoms with van der Waals surface area (Å²) >= 11 is 0. The quantitative estimate of drug-likeness (QED) is 0.476. The number of hydrogen-bond acceptors (Lipinski definition) is 8. The average molecular weight is 488 g/mol. The van der Waals surface area contributed by atoms with Gasteiger partial charge < -0.3 is 24.4 Å². The summed E-state index contributed by atoms with van der Waals surface area (Å²) in [5.41, 5.74) is 3.04. The lowest BCUT2D eigenvalue weighted by atomic mass is 10.1. The van der Waals surface area contributed by atoms with Crippen LogP contribution in [0.15, 0.2) is 48.7 Å².